The number of pyridine rings is 1. The van der Waals surface area contributed by atoms with Gasteiger partial charge in [-0.05, 0) is 30.5 Å². The van der Waals surface area contributed by atoms with Crippen molar-refractivity contribution < 1.29 is 55.3 Å². The number of aryl methyl sites for hydroxylation is 1. The molecule has 0 bridgehead atoms. The van der Waals surface area contributed by atoms with Crippen molar-refractivity contribution in [3.63, 3.8) is 0 Å². The second-order valence-corrected chi connectivity index (χ2v) is 8.33. The van der Waals surface area contributed by atoms with Gasteiger partial charge in [0.25, 0.3) is 0 Å². The third-order valence-corrected chi connectivity index (χ3v) is 5.29. The third kappa shape index (κ3) is 9.77. The summed E-state index contributed by atoms with van der Waals surface area (Å²) in [6.07, 6.45) is -4.31. The van der Waals surface area contributed by atoms with Crippen LogP contribution in [0.2, 0.25) is 0 Å². The van der Waals surface area contributed by atoms with E-state index < -0.39 is 24.3 Å². The SMILES string of the molecule is Cc1nnc(N2CCCC3(CN(Cc4ccncc4)CCO3)C2)o1.O=C(O)C(F)(F)F.O=C(O)C(F)(F)F. The molecule has 2 N–H and O–H groups in total. The van der Waals surface area contributed by atoms with Crippen molar-refractivity contribution in [2.75, 3.05) is 37.7 Å². The third-order valence-electron chi connectivity index (χ3n) is 5.29. The quantitative estimate of drug-likeness (QED) is 0.538. The molecule has 1 spiro atoms. The highest BCUT2D eigenvalue weighted by Gasteiger charge is 2.42. The molecule has 2 aliphatic heterocycles. The molecule has 2 saturated heterocycles. The molecule has 1 unspecified atom stereocenters. The van der Waals surface area contributed by atoms with Crippen LogP contribution >= 0.6 is 0 Å². The summed E-state index contributed by atoms with van der Waals surface area (Å²) in [6.45, 7) is 7.17. The van der Waals surface area contributed by atoms with Crippen LogP contribution in [0.3, 0.4) is 0 Å². The van der Waals surface area contributed by atoms with Crippen molar-refractivity contribution in [1.82, 2.24) is 20.1 Å². The maximum Gasteiger partial charge on any atom is 0.490 e. The van der Waals surface area contributed by atoms with E-state index in [1.165, 1.54) is 5.56 Å². The van der Waals surface area contributed by atoms with Gasteiger partial charge in [0.1, 0.15) is 0 Å². The van der Waals surface area contributed by atoms with Gasteiger partial charge in [-0.3, -0.25) is 9.88 Å². The van der Waals surface area contributed by atoms with Crippen molar-refractivity contribution in [3.8, 4) is 0 Å². The molecule has 38 heavy (non-hydrogen) atoms. The van der Waals surface area contributed by atoms with Gasteiger partial charge in [-0.2, -0.15) is 26.3 Å². The first kappa shape index (κ1) is 30.8. The highest BCUT2D eigenvalue weighted by Crippen LogP contribution is 2.31. The summed E-state index contributed by atoms with van der Waals surface area (Å²) < 4.78 is 75.3. The molecule has 2 fully saturated rings. The Balaban J connectivity index is 0.000000301. The number of piperidine rings is 1. The molecule has 0 aromatic carbocycles. The van der Waals surface area contributed by atoms with Crippen LogP contribution in [0.25, 0.3) is 0 Å². The largest absolute Gasteiger partial charge is 0.490 e. The number of alkyl halides is 6. The zero-order valence-corrected chi connectivity index (χ0v) is 20.0. The van der Waals surface area contributed by atoms with Crippen LogP contribution < -0.4 is 4.90 Å². The molecule has 2 aromatic rings. The Labute approximate surface area is 212 Å². The van der Waals surface area contributed by atoms with Gasteiger partial charge >= 0.3 is 30.3 Å². The average molecular weight is 557 g/mol. The number of anilines is 1. The average Bonchev–Trinajstić information content (AvgIpc) is 3.26. The minimum atomic E-state index is -5.08. The van der Waals surface area contributed by atoms with Gasteiger partial charge in [-0.1, -0.05) is 5.10 Å². The van der Waals surface area contributed by atoms with Crippen molar-refractivity contribution in [3.05, 3.63) is 36.0 Å². The number of ether oxygens (including phenoxy) is 1. The lowest BCUT2D eigenvalue weighted by Crippen LogP contribution is -2.59. The van der Waals surface area contributed by atoms with E-state index in [-0.39, 0.29) is 5.60 Å². The predicted octanol–water partition coefficient (Wildman–Crippen LogP) is 2.91. The normalized spacial score (nSPS) is 20.1. The minimum Gasteiger partial charge on any atom is -0.475 e. The molecule has 0 amide bonds. The molecule has 0 radical (unpaired) electrons. The van der Waals surface area contributed by atoms with E-state index in [4.69, 9.17) is 29.0 Å². The van der Waals surface area contributed by atoms with Crippen LogP contribution in [-0.2, 0) is 20.9 Å². The zero-order chi connectivity index (χ0) is 28.6. The van der Waals surface area contributed by atoms with E-state index in [0.29, 0.717) is 11.9 Å². The van der Waals surface area contributed by atoms with Crippen molar-refractivity contribution in [2.24, 2.45) is 0 Å². The van der Waals surface area contributed by atoms with Crippen molar-refractivity contribution in [1.29, 1.82) is 0 Å². The number of carbonyl (C=O) groups is 2. The predicted molar refractivity (Wildman–Crippen MR) is 116 cm³/mol. The van der Waals surface area contributed by atoms with E-state index in [1.54, 1.807) is 0 Å². The van der Waals surface area contributed by atoms with Gasteiger partial charge in [-0.15, -0.1) is 5.10 Å². The smallest absolute Gasteiger partial charge is 0.475 e. The number of halogens is 6. The number of hydrogen-bond donors (Lipinski definition) is 2. The number of rotatable bonds is 3. The van der Waals surface area contributed by atoms with Crippen LogP contribution in [0.15, 0.2) is 28.9 Å². The van der Waals surface area contributed by atoms with Crippen molar-refractivity contribution >= 4 is 18.0 Å². The first-order valence-corrected chi connectivity index (χ1v) is 11.0. The Kier molecular flexibility index (Phi) is 10.4. The minimum absolute atomic E-state index is 0.147. The van der Waals surface area contributed by atoms with Crippen molar-refractivity contribution in [2.45, 2.75) is 44.3 Å². The fourth-order valence-corrected chi connectivity index (χ4v) is 3.73. The molecular formula is C21H25F6N5O6. The molecule has 0 aliphatic carbocycles. The molecule has 17 heteroatoms. The second-order valence-electron chi connectivity index (χ2n) is 8.33. The molecule has 11 nitrogen and oxygen atoms in total. The fraction of sp³-hybridized carbons (Fsp3) is 0.571. The highest BCUT2D eigenvalue weighted by molar-refractivity contribution is 5.73. The topological polar surface area (TPSA) is 142 Å². The van der Waals surface area contributed by atoms with Gasteiger partial charge in [0.2, 0.25) is 5.89 Å². The summed E-state index contributed by atoms with van der Waals surface area (Å²) in [6, 6.07) is 4.77. The van der Waals surface area contributed by atoms with Gasteiger partial charge in [0.15, 0.2) is 0 Å². The maximum absolute atomic E-state index is 10.6. The lowest BCUT2D eigenvalue weighted by molar-refractivity contribution is -0.193. The Morgan fingerprint density at radius 1 is 1.00 bits per heavy atom. The fourth-order valence-electron chi connectivity index (χ4n) is 3.73. The summed E-state index contributed by atoms with van der Waals surface area (Å²) in [5, 5.41) is 22.4. The van der Waals surface area contributed by atoms with Crippen LogP contribution in [0.1, 0.15) is 24.3 Å². The molecule has 4 rings (SSSR count). The number of aromatic nitrogens is 3. The summed E-state index contributed by atoms with van der Waals surface area (Å²) in [5.41, 5.74) is 1.15. The summed E-state index contributed by atoms with van der Waals surface area (Å²) in [5.74, 6) is -4.91. The number of carboxylic acid groups (broad SMARTS) is 2. The number of carboxylic acids is 2. The van der Waals surface area contributed by atoms with E-state index in [9.17, 15) is 26.3 Å². The van der Waals surface area contributed by atoms with E-state index in [1.807, 2.05) is 19.3 Å². The lowest BCUT2D eigenvalue weighted by atomic mass is 9.90. The standard InChI is InChI=1S/C17H23N5O2.2C2HF3O2/c1-14-19-20-16(24-14)22-8-2-5-17(13-22)12-21(9-10-23-17)11-15-3-6-18-7-4-15;2*3-2(4,5)1(6)7/h3-4,6-7H,2,5,8-13H2,1H3;2*(H,6,7). The molecule has 212 valence electrons. The van der Waals surface area contributed by atoms with Gasteiger partial charge in [0.05, 0.1) is 18.8 Å². The van der Waals surface area contributed by atoms with Gasteiger partial charge < -0.3 is 24.3 Å². The summed E-state index contributed by atoms with van der Waals surface area (Å²) >= 11 is 0. The van der Waals surface area contributed by atoms with Gasteiger partial charge in [-0.25, -0.2) is 9.59 Å². The Morgan fingerprint density at radius 3 is 2.08 bits per heavy atom. The summed E-state index contributed by atoms with van der Waals surface area (Å²) in [4.78, 5) is 26.5. The maximum atomic E-state index is 10.6. The number of morpholine rings is 1. The molecular weight excluding hydrogens is 532 g/mol. The first-order valence-electron chi connectivity index (χ1n) is 11.0. The first-order chi connectivity index (χ1) is 17.6. The molecule has 2 aliphatic rings. The van der Waals surface area contributed by atoms with E-state index in [0.717, 1.165) is 52.2 Å². The Bertz CT molecular complexity index is 1020. The number of hydrogen-bond acceptors (Lipinski definition) is 9. The zero-order valence-electron chi connectivity index (χ0n) is 20.0. The molecule has 2 aromatic heterocycles. The van der Waals surface area contributed by atoms with Crippen LogP contribution in [0, 0.1) is 6.92 Å². The Hall–Kier alpha value is -3.47. The highest BCUT2D eigenvalue weighted by atomic mass is 19.4. The van der Waals surface area contributed by atoms with E-state index in [2.05, 4.69) is 37.1 Å². The van der Waals surface area contributed by atoms with Gasteiger partial charge in [0, 0.05) is 45.5 Å². The molecule has 4 heterocycles. The van der Waals surface area contributed by atoms with Crippen LogP contribution in [0.5, 0.6) is 0 Å². The number of nitrogens with zero attached hydrogens (tertiary/aromatic N) is 5. The van der Waals surface area contributed by atoms with E-state index >= 15 is 0 Å². The summed E-state index contributed by atoms with van der Waals surface area (Å²) in [7, 11) is 0. The molecule has 1 atom stereocenters. The monoisotopic (exact) mass is 557 g/mol. The second kappa shape index (κ2) is 12.9. The lowest BCUT2D eigenvalue weighted by Gasteiger charge is -2.47. The molecule has 0 saturated carbocycles. The van der Waals surface area contributed by atoms with Crippen LogP contribution in [-0.4, -0.2) is 93.0 Å². The Morgan fingerprint density at radius 2 is 1.58 bits per heavy atom. The number of aliphatic carboxylic acids is 2. The van der Waals surface area contributed by atoms with Crippen LogP contribution in [0.4, 0.5) is 32.4 Å².